The van der Waals surface area contributed by atoms with Crippen LogP contribution >= 0.6 is 0 Å². The largest absolute Gasteiger partial charge is 0.480 e. The fraction of sp³-hybridized carbons (Fsp3) is 0.680. The molecule has 0 aromatic rings. The van der Waals surface area contributed by atoms with E-state index in [1.807, 2.05) is 13.8 Å². The van der Waals surface area contributed by atoms with Gasteiger partial charge in [-0.2, -0.15) is 0 Å². The lowest BCUT2D eigenvalue weighted by molar-refractivity contribution is -0.140. The van der Waals surface area contributed by atoms with Gasteiger partial charge in [0.05, 0.1) is 26.2 Å². The van der Waals surface area contributed by atoms with Crippen LogP contribution in [-0.2, 0) is 38.4 Å². The van der Waals surface area contributed by atoms with E-state index in [1.165, 1.54) is 13.8 Å². The summed E-state index contributed by atoms with van der Waals surface area (Å²) in [6.45, 7) is 9.17. The summed E-state index contributed by atoms with van der Waals surface area (Å²) in [5.74, 6) is -7.26. The average Bonchev–Trinajstić information content (AvgIpc) is 2.98. The maximum atomic E-state index is 10.1. The van der Waals surface area contributed by atoms with Crippen LogP contribution in [0.25, 0.3) is 0 Å². The Labute approximate surface area is 283 Å². The van der Waals surface area contributed by atoms with Crippen molar-refractivity contribution in [2.75, 3.05) is 26.2 Å². The quantitative estimate of drug-likeness (QED) is 0.0952. The lowest BCUT2D eigenvalue weighted by Crippen LogP contribution is -2.34. The van der Waals surface area contributed by atoms with E-state index in [-0.39, 0.29) is 32.1 Å². The molecule has 24 N–H and O–H groups in total. The normalized spacial score (nSPS) is 11.2. The minimum absolute atomic E-state index is 0.0208. The van der Waals surface area contributed by atoms with Gasteiger partial charge in [0.2, 0.25) is 0 Å². The minimum Gasteiger partial charge on any atom is -0.480 e. The highest BCUT2D eigenvalue weighted by Gasteiger charge is 2.14. The molecule has 0 aromatic carbocycles. The van der Waals surface area contributed by atoms with Crippen LogP contribution in [0.4, 0.5) is 0 Å². The maximum absolute atomic E-state index is 10.1. The van der Waals surface area contributed by atoms with Gasteiger partial charge in [-0.15, -0.1) is 0 Å². The molecule has 0 rings (SSSR count). The molecule has 0 bridgehead atoms. The second kappa shape index (κ2) is 43.4. The van der Waals surface area contributed by atoms with Gasteiger partial charge in [0.1, 0.15) is 24.2 Å². The summed E-state index contributed by atoms with van der Waals surface area (Å²) in [5, 5.41) is 62.7. The van der Waals surface area contributed by atoms with Gasteiger partial charge in [-0.3, -0.25) is 38.4 Å². The molecule has 0 saturated heterocycles. The molecule has 24 nitrogen and oxygen atoms in total. The van der Waals surface area contributed by atoms with Crippen LogP contribution in [0.5, 0.6) is 0 Å². The zero-order valence-electron chi connectivity index (χ0n) is 28.5. The first-order valence-corrected chi connectivity index (χ1v) is 13.6. The van der Waals surface area contributed by atoms with Crippen LogP contribution in [-0.4, -0.2) is 139 Å². The van der Waals surface area contributed by atoms with Crippen molar-refractivity contribution < 1.29 is 79.2 Å². The molecule has 0 aliphatic carbocycles. The zero-order chi connectivity index (χ0) is 41.6. The first-order valence-electron chi connectivity index (χ1n) is 13.6. The van der Waals surface area contributed by atoms with E-state index in [0.717, 1.165) is 0 Å². The molecule has 0 aliphatic heterocycles. The number of aliphatic carboxylic acids is 8. The van der Waals surface area contributed by atoms with Gasteiger partial charge in [-0.1, -0.05) is 27.7 Å². The van der Waals surface area contributed by atoms with Gasteiger partial charge >= 0.3 is 47.8 Å². The molecular weight excluding hydrogens is 668 g/mol. The summed E-state index contributed by atoms with van der Waals surface area (Å²) in [6, 6.07) is -2.87. The maximum Gasteiger partial charge on any atom is 0.320 e. The Balaban J connectivity index is -0.0000000661. The van der Waals surface area contributed by atoms with E-state index < -0.39 is 71.9 Å². The Morgan fingerprint density at radius 3 is 0.633 bits per heavy atom. The molecule has 0 amide bonds. The smallest absolute Gasteiger partial charge is 0.320 e. The number of carbonyl (C=O) groups is 8. The molecule has 0 heterocycles. The van der Waals surface area contributed by atoms with Gasteiger partial charge in [0, 0.05) is 0 Å². The Kier molecular flexibility index (Phi) is 56.0. The van der Waals surface area contributed by atoms with Crippen LogP contribution in [0.1, 0.15) is 48.0 Å². The number of rotatable bonds is 11. The van der Waals surface area contributed by atoms with Crippen molar-refractivity contribution in [3.8, 4) is 0 Å². The Bertz CT molecular complexity index is 830. The second-order valence-electron chi connectivity index (χ2n) is 9.33. The van der Waals surface area contributed by atoms with Crippen LogP contribution < -0.4 is 45.9 Å². The lowest BCUT2D eigenvalue weighted by atomic mass is 10.1. The van der Waals surface area contributed by atoms with E-state index in [9.17, 15) is 38.4 Å². The highest BCUT2D eigenvalue weighted by atomic mass is 16.4. The molecule has 0 fully saturated rings. The first kappa shape index (κ1) is 63.2. The van der Waals surface area contributed by atoms with Gasteiger partial charge in [-0.05, 0) is 32.1 Å². The van der Waals surface area contributed by atoms with Crippen molar-refractivity contribution in [1.82, 2.24) is 0 Å². The summed E-state index contributed by atoms with van der Waals surface area (Å²) >= 11 is 0. The van der Waals surface area contributed by atoms with Crippen LogP contribution in [0.3, 0.4) is 0 Å². The highest BCUT2D eigenvalue weighted by molar-refractivity contribution is 5.74. The van der Waals surface area contributed by atoms with Crippen LogP contribution in [0, 0.1) is 11.8 Å². The molecule has 4 atom stereocenters. The number of carboxylic acid groups (broad SMARTS) is 8. The predicted octanol–water partition coefficient (Wildman–Crippen LogP) is -4.55. The summed E-state index contributed by atoms with van der Waals surface area (Å²) < 4.78 is 0. The van der Waals surface area contributed by atoms with Crippen molar-refractivity contribution in [2.24, 2.45) is 57.7 Å². The zero-order valence-corrected chi connectivity index (χ0v) is 28.5. The van der Waals surface area contributed by atoms with Gasteiger partial charge < -0.3 is 86.7 Å². The van der Waals surface area contributed by atoms with E-state index >= 15 is 0 Å². The van der Waals surface area contributed by atoms with E-state index in [4.69, 9.17) is 63.8 Å². The number of carboxylic acids is 8. The summed E-state index contributed by atoms with van der Waals surface area (Å²) in [4.78, 5) is 76.2. The molecule has 0 radical (unpaired) electrons. The SMILES string of the molecule is CC(C)C[C@H](N)C(=O)O.CC(C)[C@H](N)C(=O)O.C[C@H](N)C(=O)O.C[C@H](N)C(=O)O.NCC(=O)O.NCC(=O)O.NCC(=O)O.NCC(=O)O. The van der Waals surface area contributed by atoms with Crippen molar-refractivity contribution in [3.05, 3.63) is 0 Å². The topological polar surface area (TPSA) is 507 Å². The number of hydrogen-bond acceptors (Lipinski definition) is 16. The fourth-order valence-corrected chi connectivity index (χ4v) is 0.894. The van der Waals surface area contributed by atoms with E-state index in [0.29, 0.717) is 12.3 Å². The third-order valence-electron chi connectivity index (χ3n) is 3.52. The molecule has 0 saturated carbocycles. The minimum atomic E-state index is -0.968. The second-order valence-corrected chi connectivity index (χ2v) is 9.33. The highest BCUT2D eigenvalue weighted by Crippen LogP contribution is 2.01. The Morgan fingerprint density at radius 1 is 0.429 bits per heavy atom. The molecule has 0 unspecified atom stereocenters. The molecular formula is C25H58N8O16. The lowest BCUT2D eigenvalue weighted by Gasteiger charge is -2.07. The van der Waals surface area contributed by atoms with Crippen molar-refractivity contribution >= 4 is 47.8 Å². The summed E-state index contributed by atoms with van der Waals surface area (Å²) in [7, 11) is 0. The van der Waals surface area contributed by atoms with Crippen molar-refractivity contribution in [1.29, 1.82) is 0 Å². The molecule has 0 spiro atoms. The fourth-order valence-electron chi connectivity index (χ4n) is 0.894. The van der Waals surface area contributed by atoms with Gasteiger partial charge in [0.25, 0.3) is 0 Å². The molecule has 24 heteroatoms. The Morgan fingerprint density at radius 2 is 0.612 bits per heavy atom. The van der Waals surface area contributed by atoms with E-state index in [2.05, 4.69) is 22.9 Å². The van der Waals surface area contributed by atoms with Crippen LogP contribution in [0.15, 0.2) is 0 Å². The monoisotopic (exact) mass is 726 g/mol. The molecule has 0 aromatic heterocycles. The summed E-state index contributed by atoms with van der Waals surface area (Å²) in [5.41, 5.74) is 38.3. The Hall–Kier alpha value is -4.56. The third-order valence-corrected chi connectivity index (χ3v) is 3.52. The average molecular weight is 727 g/mol. The first-order chi connectivity index (χ1) is 22.0. The van der Waals surface area contributed by atoms with Crippen LogP contribution in [0.2, 0.25) is 0 Å². The summed E-state index contributed by atoms with van der Waals surface area (Å²) in [6.07, 6.45) is 0.551. The van der Waals surface area contributed by atoms with Crippen molar-refractivity contribution in [3.63, 3.8) is 0 Å². The predicted molar refractivity (Wildman–Crippen MR) is 175 cm³/mol. The standard InChI is InChI=1S/C6H13NO2.C5H11NO2.2C3H7NO2.4C2H5NO2/c1-4(2)3-5(7)6(8)9;1-3(2)4(6)5(7)8;2*1-2(4)3(5)6;4*3-1-2(4)5/h4-5H,3,7H2,1-2H3,(H,8,9);3-4H,6H2,1-2H3,(H,7,8);2*2H,4H2,1H3,(H,5,6);4*1,3H2,(H,4,5)/t5-;4-;2*2-;;;;/m0000..../s1. The van der Waals surface area contributed by atoms with Crippen molar-refractivity contribution in [2.45, 2.75) is 72.1 Å². The van der Waals surface area contributed by atoms with Gasteiger partial charge in [-0.25, -0.2) is 0 Å². The molecule has 49 heavy (non-hydrogen) atoms. The van der Waals surface area contributed by atoms with E-state index in [1.54, 1.807) is 13.8 Å². The number of hydrogen-bond donors (Lipinski definition) is 16. The van der Waals surface area contributed by atoms with Gasteiger partial charge in [0.15, 0.2) is 0 Å². The molecule has 294 valence electrons. The third kappa shape index (κ3) is 99.1. The molecule has 0 aliphatic rings. The number of nitrogens with two attached hydrogens (primary N) is 8.